The van der Waals surface area contributed by atoms with Crippen molar-refractivity contribution >= 4 is 81.2 Å². The molecule has 0 N–H and O–H groups in total. The SMILES string of the molecule is CC1C=C(c2cccc3c2sc2ccccc23)C=CC1N(c1ccc(-c2ccc(-c3cccc(-c4ccc5ccccc5c4)c3)cc2)cc1)c1ccc(-c2cccc3c2oc2ccccc23)cc1. The minimum Gasteiger partial charge on any atom is -0.455 e. The molecule has 2 atom stereocenters. The summed E-state index contributed by atoms with van der Waals surface area (Å²) in [6.45, 7) is 2.36. The average Bonchev–Trinajstić information content (AvgIpc) is 3.99. The summed E-state index contributed by atoms with van der Waals surface area (Å²) in [6.07, 6.45) is 7.23. The molecule has 0 bridgehead atoms. The summed E-state index contributed by atoms with van der Waals surface area (Å²) >= 11 is 1.89. The van der Waals surface area contributed by atoms with Crippen molar-refractivity contribution in [1.82, 2.24) is 0 Å². The molecular formula is C65H45NOS. The molecule has 0 fully saturated rings. The van der Waals surface area contributed by atoms with Gasteiger partial charge in [-0.1, -0.05) is 201 Å². The van der Waals surface area contributed by atoms with E-state index in [1.165, 1.54) is 75.5 Å². The van der Waals surface area contributed by atoms with Crippen LogP contribution in [0, 0.1) is 5.92 Å². The lowest BCUT2D eigenvalue weighted by Crippen LogP contribution is -2.35. The second-order valence-corrected chi connectivity index (χ2v) is 19.1. The van der Waals surface area contributed by atoms with E-state index in [4.69, 9.17) is 4.42 Å². The molecule has 2 nitrogen and oxygen atoms in total. The van der Waals surface area contributed by atoms with Crippen LogP contribution in [0.15, 0.2) is 247 Å². The highest BCUT2D eigenvalue weighted by atomic mass is 32.1. The Morgan fingerprint density at radius 2 is 0.985 bits per heavy atom. The number of anilines is 2. The van der Waals surface area contributed by atoms with Gasteiger partial charge < -0.3 is 9.32 Å². The third kappa shape index (κ3) is 7.02. The zero-order chi connectivity index (χ0) is 45.1. The first-order valence-electron chi connectivity index (χ1n) is 23.5. The lowest BCUT2D eigenvalue weighted by Gasteiger charge is -2.37. The van der Waals surface area contributed by atoms with E-state index in [-0.39, 0.29) is 12.0 Å². The van der Waals surface area contributed by atoms with Gasteiger partial charge in [0.25, 0.3) is 0 Å². The topological polar surface area (TPSA) is 16.4 Å². The van der Waals surface area contributed by atoms with Crippen LogP contribution < -0.4 is 4.90 Å². The molecule has 1 aliphatic rings. The Balaban J connectivity index is 0.827. The number of benzene rings is 10. The summed E-state index contributed by atoms with van der Waals surface area (Å²) in [4.78, 5) is 2.51. The molecule has 68 heavy (non-hydrogen) atoms. The Kier molecular flexibility index (Phi) is 9.77. The number of furan rings is 1. The van der Waals surface area contributed by atoms with Crippen LogP contribution in [-0.2, 0) is 0 Å². The lowest BCUT2D eigenvalue weighted by atomic mass is 9.87. The Labute approximate surface area is 400 Å². The second-order valence-electron chi connectivity index (χ2n) is 18.1. The van der Waals surface area contributed by atoms with E-state index in [1.54, 1.807) is 0 Å². The average molecular weight is 888 g/mol. The number of nitrogens with zero attached hydrogens (tertiary/aromatic N) is 1. The number of allylic oxidation sites excluding steroid dienone is 2. The van der Waals surface area contributed by atoms with Crippen LogP contribution in [-0.4, -0.2) is 6.04 Å². The van der Waals surface area contributed by atoms with Crippen LogP contribution in [0.25, 0.3) is 103 Å². The highest BCUT2D eigenvalue weighted by Gasteiger charge is 2.27. The van der Waals surface area contributed by atoms with E-state index in [2.05, 4.69) is 248 Å². The van der Waals surface area contributed by atoms with Crippen LogP contribution in [0.1, 0.15) is 12.5 Å². The highest BCUT2D eigenvalue weighted by molar-refractivity contribution is 7.26. The van der Waals surface area contributed by atoms with Crippen molar-refractivity contribution in [3.05, 3.63) is 248 Å². The summed E-state index contributed by atoms with van der Waals surface area (Å²) in [6, 6.07) is 81.7. The van der Waals surface area contributed by atoms with E-state index < -0.39 is 0 Å². The van der Waals surface area contributed by atoms with Crippen LogP contribution in [0.4, 0.5) is 11.4 Å². The van der Waals surface area contributed by atoms with Gasteiger partial charge in [-0.05, 0) is 115 Å². The summed E-state index contributed by atoms with van der Waals surface area (Å²) in [5.41, 5.74) is 16.2. The first-order chi connectivity index (χ1) is 33.6. The monoisotopic (exact) mass is 887 g/mol. The Hall–Kier alpha value is -8.24. The smallest absolute Gasteiger partial charge is 0.143 e. The van der Waals surface area contributed by atoms with Crippen molar-refractivity contribution in [1.29, 1.82) is 0 Å². The van der Waals surface area contributed by atoms with Gasteiger partial charge in [-0.25, -0.2) is 0 Å². The predicted octanol–water partition coefficient (Wildman–Crippen LogP) is 18.6. The van der Waals surface area contributed by atoms with Crippen molar-refractivity contribution in [2.24, 2.45) is 5.92 Å². The maximum absolute atomic E-state index is 6.47. The molecule has 3 heteroatoms. The fourth-order valence-electron chi connectivity index (χ4n) is 10.5. The minimum atomic E-state index is 0.0838. The number of fused-ring (bicyclic) bond motifs is 7. The molecular weight excluding hydrogens is 843 g/mol. The van der Waals surface area contributed by atoms with Crippen LogP contribution >= 0.6 is 11.3 Å². The van der Waals surface area contributed by atoms with E-state index in [9.17, 15) is 0 Å². The van der Waals surface area contributed by atoms with Gasteiger partial charge in [-0.3, -0.25) is 0 Å². The number of hydrogen-bond acceptors (Lipinski definition) is 3. The standard InChI is InChI=1S/C65H45NOS/c1-42-39-52(56-18-10-20-60-58-16-5-7-22-63(58)68-65(56)60)33-38-61(42)66(54-36-31-47(32-37-54)55-17-9-19-59-57-15-4-6-21-62(57)67-64(55)59)53-34-29-45(30-35-53)44-23-25-46(26-24-44)49-13-8-14-50(40-49)51-28-27-43-11-2-3-12-48(43)41-51/h2-42,61H,1H3. The molecule has 0 saturated heterocycles. The zero-order valence-electron chi connectivity index (χ0n) is 37.5. The van der Waals surface area contributed by atoms with E-state index >= 15 is 0 Å². The van der Waals surface area contributed by atoms with Crippen LogP contribution in [0.3, 0.4) is 0 Å². The lowest BCUT2D eigenvalue weighted by molar-refractivity contribution is 0.611. The molecule has 2 aromatic heterocycles. The molecule has 10 aromatic carbocycles. The quantitative estimate of drug-likeness (QED) is 0.151. The van der Waals surface area contributed by atoms with Gasteiger partial charge in [0.05, 0.1) is 6.04 Å². The number of para-hydroxylation sites is 2. The fourth-order valence-corrected chi connectivity index (χ4v) is 11.7. The molecule has 13 rings (SSSR count). The summed E-state index contributed by atoms with van der Waals surface area (Å²) < 4.78 is 9.14. The van der Waals surface area contributed by atoms with E-state index in [0.717, 1.165) is 44.4 Å². The predicted molar refractivity (Wildman–Crippen MR) is 291 cm³/mol. The highest BCUT2D eigenvalue weighted by Crippen LogP contribution is 2.43. The molecule has 322 valence electrons. The molecule has 0 spiro atoms. The zero-order valence-corrected chi connectivity index (χ0v) is 38.3. The first-order valence-corrected chi connectivity index (χ1v) is 24.3. The van der Waals surface area contributed by atoms with Gasteiger partial charge in [-0.15, -0.1) is 11.3 Å². The summed E-state index contributed by atoms with van der Waals surface area (Å²) in [5, 5.41) is 7.45. The van der Waals surface area contributed by atoms with Gasteiger partial charge in [0, 0.05) is 47.9 Å². The number of thiophene rings is 1. The van der Waals surface area contributed by atoms with Gasteiger partial charge in [0.2, 0.25) is 0 Å². The summed E-state index contributed by atoms with van der Waals surface area (Å²) in [7, 11) is 0. The molecule has 2 heterocycles. The van der Waals surface area contributed by atoms with Crippen molar-refractivity contribution in [2.75, 3.05) is 4.90 Å². The second kappa shape index (κ2) is 16.6. The third-order valence-corrected chi connectivity index (χ3v) is 15.2. The Morgan fingerprint density at radius 1 is 0.426 bits per heavy atom. The third-order valence-electron chi connectivity index (χ3n) is 14.0. The van der Waals surface area contributed by atoms with Crippen molar-refractivity contribution in [2.45, 2.75) is 13.0 Å². The van der Waals surface area contributed by atoms with E-state index in [0.29, 0.717) is 0 Å². The maximum Gasteiger partial charge on any atom is 0.143 e. The maximum atomic E-state index is 6.47. The van der Waals surface area contributed by atoms with Gasteiger partial charge in [0.15, 0.2) is 0 Å². The van der Waals surface area contributed by atoms with E-state index in [1.807, 2.05) is 17.4 Å². The fraction of sp³-hybridized carbons (Fsp3) is 0.0462. The molecule has 0 amide bonds. The van der Waals surface area contributed by atoms with Crippen molar-refractivity contribution < 1.29 is 4.42 Å². The molecule has 1 aliphatic carbocycles. The minimum absolute atomic E-state index is 0.0838. The number of hydrogen-bond donors (Lipinski definition) is 0. The normalized spacial score (nSPS) is 14.9. The molecule has 0 radical (unpaired) electrons. The summed E-state index contributed by atoms with van der Waals surface area (Å²) in [5.74, 6) is 0.218. The van der Waals surface area contributed by atoms with Crippen molar-refractivity contribution in [3.8, 4) is 44.5 Å². The largest absolute Gasteiger partial charge is 0.455 e. The Morgan fingerprint density at radius 3 is 1.75 bits per heavy atom. The molecule has 2 unspecified atom stereocenters. The first kappa shape index (κ1) is 40.1. The van der Waals surface area contributed by atoms with Crippen LogP contribution in [0.5, 0.6) is 0 Å². The van der Waals surface area contributed by atoms with Gasteiger partial charge in [-0.2, -0.15) is 0 Å². The molecule has 0 aliphatic heterocycles. The molecule has 0 saturated carbocycles. The Bertz CT molecular complexity index is 3930. The van der Waals surface area contributed by atoms with Gasteiger partial charge >= 0.3 is 0 Å². The van der Waals surface area contributed by atoms with Crippen LogP contribution in [0.2, 0.25) is 0 Å². The number of rotatable bonds is 8. The molecule has 12 aromatic rings. The van der Waals surface area contributed by atoms with Crippen molar-refractivity contribution in [3.63, 3.8) is 0 Å². The van der Waals surface area contributed by atoms with Gasteiger partial charge in [0.1, 0.15) is 11.2 Å².